The van der Waals surface area contributed by atoms with Crippen molar-refractivity contribution in [2.24, 2.45) is 11.5 Å². The van der Waals surface area contributed by atoms with Crippen molar-refractivity contribution >= 4 is 23.2 Å². The summed E-state index contributed by atoms with van der Waals surface area (Å²) in [5, 5.41) is 2.87. The van der Waals surface area contributed by atoms with Crippen molar-refractivity contribution in [3.8, 4) is 0 Å². The molecule has 0 radical (unpaired) electrons. The standard InChI is InChI=1S/C11H16N4O2/c1-11(2,10(14)17)15-8-5-6(9(13)16)3-4-7(8)12/h3-5,15H,12H2,1-2H3,(H2,13,16)(H2,14,17). The Kier molecular flexibility index (Phi) is 3.26. The molecule has 0 aromatic heterocycles. The molecule has 0 atom stereocenters. The topological polar surface area (TPSA) is 124 Å². The molecule has 92 valence electrons. The highest BCUT2D eigenvalue weighted by atomic mass is 16.1. The lowest BCUT2D eigenvalue weighted by Crippen LogP contribution is -2.45. The van der Waals surface area contributed by atoms with Crippen molar-refractivity contribution in [2.75, 3.05) is 11.1 Å². The van der Waals surface area contributed by atoms with Gasteiger partial charge in [0, 0.05) is 5.56 Å². The van der Waals surface area contributed by atoms with Crippen LogP contribution in [0.25, 0.3) is 0 Å². The van der Waals surface area contributed by atoms with E-state index in [1.807, 2.05) is 0 Å². The highest BCUT2D eigenvalue weighted by molar-refractivity contribution is 5.95. The normalized spacial score (nSPS) is 10.9. The predicted octanol–water partition coefficient (Wildman–Crippen LogP) is 0.0435. The maximum absolute atomic E-state index is 11.2. The van der Waals surface area contributed by atoms with Crippen LogP contribution in [0.5, 0.6) is 0 Å². The monoisotopic (exact) mass is 236 g/mol. The Bertz CT molecular complexity index is 469. The van der Waals surface area contributed by atoms with E-state index in [9.17, 15) is 9.59 Å². The number of nitrogens with two attached hydrogens (primary N) is 3. The first kappa shape index (κ1) is 12.8. The van der Waals surface area contributed by atoms with Crippen LogP contribution in [0.2, 0.25) is 0 Å². The van der Waals surface area contributed by atoms with Crippen LogP contribution in [-0.2, 0) is 4.79 Å². The Labute approximate surface area is 99.1 Å². The number of rotatable bonds is 4. The molecule has 0 unspecified atom stereocenters. The minimum atomic E-state index is -0.968. The van der Waals surface area contributed by atoms with Gasteiger partial charge in [0.1, 0.15) is 5.54 Å². The molecule has 0 aliphatic heterocycles. The van der Waals surface area contributed by atoms with Gasteiger partial charge in [0.2, 0.25) is 11.8 Å². The number of nitrogens with one attached hydrogen (secondary N) is 1. The molecule has 6 heteroatoms. The number of carbonyl (C=O) groups excluding carboxylic acids is 2. The van der Waals surface area contributed by atoms with Crippen molar-refractivity contribution in [1.29, 1.82) is 0 Å². The third-order valence-corrected chi connectivity index (χ3v) is 2.40. The third-order valence-electron chi connectivity index (χ3n) is 2.40. The highest BCUT2D eigenvalue weighted by Gasteiger charge is 2.25. The Morgan fingerprint density at radius 2 is 1.82 bits per heavy atom. The Morgan fingerprint density at radius 3 is 2.29 bits per heavy atom. The molecule has 1 aromatic rings. The zero-order valence-electron chi connectivity index (χ0n) is 9.78. The number of primary amides is 2. The van der Waals surface area contributed by atoms with Gasteiger partial charge in [-0.25, -0.2) is 0 Å². The first-order valence-electron chi connectivity index (χ1n) is 5.01. The summed E-state index contributed by atoms with van der Waals surface area (Å²) in [7, 11) is 0. The molecule has 0 spiro atoms. The third kappa shape index (κ3) is 2.87. The number of anilines is 2. The molecule has 0 bridgehead atoms. The van der Waals surface area contributed by atoms with E-state index in [1.165, 1.54) is 12.1 Å². The Morgan fingerprint density at radius 1 is 1.24 bits per heavy atom. The molecule has 0 aliphatic rings. The summed E-state index contributed by atoms with van der Waals surface area (Å²) in [4.78, 5) is 22.2. The SMILES string of the molecule is CC(C)(Nc1cc(C(N)=O)ccc1N)C(N)=O. The molecule has 0 heterocycles. The average Bonchev–Trinajstić information content (AvgIpc) is 2.20. The molecule has 0 aliphatic carbocycles. The van der Waals surface area contributed by atoms with Gasteiger partial charge in [-0.05, 0) is 32.0 Å². The molecule has 7 N–H and O–H groups in total. The van der Waals surface area contributed by atoms with Crippen LogP contribution in [0.15, 0.2) is 18.2 Å². The number of hydrogen-bond donors (Lipinski definition) is 4. The number of carbonyl (C=O) groups is 2. The zero-order valence-corrected chi connectivity index (χ0v) is 9.78. The molecule has 1 aromatic carbocycles. The van der Waals surface area contributed by atoms with Gasteiger partial charge in [-0.1, -0.05) is 0 Å². The predicted molar refractivity (Wildman–Crippen MR) is 66.3 cm³/mol. The van der Waals surface area contributed by atoms with E-state index in [0.29, 0.717) is 16.9 Å². The van der Waals surface area contributed by atoms with Crippen molar-refractivity contribution in [2.45, 2.75) is 19.4 Å². The molecule has 17 heavy (non-hydrogen) atoms. The van der Waals surface area contributed by atoms with Crippen LogP contribution in [0.1, 0.15) is 24.2 Å². The van der Waals surface area contributed by atoms with Crippen molar-refractivity contribution in [1.82, 2.24) is 0 Å². The lowest BCUT2D eigenvalue weighted by atomic mass is 10.0. The van der Waals surface area contributed by atoms with Crippen molar-refractivity contribution in [3.63, 3.8) is 0 Å². The van der Waals surface area contributed by atoms with E-state index in [0.717, 1.165) is 0 Å². The van der Waals surface area contributed by atoms with Crippen molar-refractivity contribution in [3.05, 3.63) is 23.8 Å². The quantitative estimate of drug-likeness (QED) is 0.551. The van der Waals surface area contributed by atoms with Crippen LogP contribution in [0, 0.1) is 0 Å². The maximum Gasteiger partial charge on any atom is 0.248 e. The number of amides is 2. The lowest BCUT2D eigenvalue weighted by Gasteiger charge is -2.24. The molecule has 0 saturated carbocycles. The number of nitrogen functional groups attached to an aromatic ring is 1. The summed E-state index contributed by atoms with van der Waals surface area (Å²) >= 11 is 0. The summed E-state index contributed by atoms with van der Waals surface area (Å²) in [6.07, 6.45) is 0. The van der Waals surface area contributed by atoms with Gasteiger partial charge in [-0.15, -0.1) is 0 Å². The van der Waals surface area contributed by atoms with Crippen LogP contribution in [0.4, 0.5) is 11.4 Å². The summed E-state index contributed by atoms with van der Waals surface area (Å²) in [5.41, 5.74) is 16.3. The summed E-state index contributed by atoms with van der Waals surface area (Å²) < 4.78 is 0. The van der Waals surface area contributed by atoms with E-state index in [2.05, 4.69) is 5.32 Å². The van der Waals surface area contributed by atoms with Crippen LogP contribution >= 0.6 is 0 Å². The van der Waals surface area contributed by atoms with Crippen LogP contribution < -0.4 is 22.5 Å². The average molecular weight is 236 g/mol. The van der Waals surface area contributed by atoms with E-state index >= 15 is 0 Å². The molecule has 2 amide bonds. The Balaban J connectivity index is 3.10. The first-order valence-corrected chi connectivity index (χ1v) is 5.01. The fourth-order valence-electron chi connectivity index (χ4n) is 1.22. The molecular formula is C11H16N4O2. The summed E-state index contributed by atoms with van der Waals surface area (Å²) in [5.74, 6) is -1.09. The molecule has 0 fully saturated rings. The van der Waals surface area contributed by atoms with E-state index in [1.54, 1.807) is 19.9 Å². The van der Waals surface area contributed by atoms with Gasteiger partial charge < -0.3 is 22.5 Å². The molecule has 6 nitrogen and oxygen atoms in total. The van der Waals surface area contributed by atoms with Crippen LogP contribution in [-0.4, -0.2) is 17.4 Å². The highest BCUT2D eigenvalue weighted by Crippen LogP contribution is 2.23. The van der Waals surface area contributed by atoms with Gasteiger partial charge >= 0.3 is 0 Å². The second-order valence-electron chi connectivity index (χ2n) is 4.28. The lowest BCUT2D eigenvalue weighted by molar-refractivity contribution is -0.121. The van der Waals surface area contributed by atoms with Gasteiger partial charge in [0.25, 0.3) is 0 Å². The minimum Gasteiger partial charge on any atom is -0.397 e. The minimum absolute atomic E-state index is 0.307. The summed E-state index contributed by atoms with van der Waals surface area (Å²) in [6, 6.07) is 4.54. The number of hydrogen-bond acceptors (Lipinski definition) is 4. The largest absolute Gasteiger partial charge is 0.397 e. The summed E-state index contributed by atoms with van der Waals surface area (Å²) in [6.45, 7) is 3.23. The van der Waals surface area contributed by atoms with E-state index in [-0.39, 0.29) is 0 Å². The Hall–Kier alpha value is -2.24. The second kappa shape index (κ2) is 4.32. The fraction of sp³-hybridized carbons (Fsp3) is 0.273. The first-order chi connectivity index (χ1) is 7.74. The van der Waals surface area contributed by atoms with Gasteiger partial charge in [-0.3, -0.25) is 9.59 Å². The van der Waals surface area contributed by atoms with Gasteiger partial charge in [0.05, 0.1) is 11.4 Å². The number of benzene rings is 1. The van der Waals surface area contributed by atoms with Gasteiger partial charge in [-0.2, -0.15) is 0 Å². The smallest absolute Gasteiger partial charge is 0.248 e. The van der Waals surface area contributed by atoms with Crippen molar-refractivity contribution < 1.29 is 9.59 Å². The van der Waals surface area contributed by atoms with E-state index in [4.69, 9.17) is 17.2 Å². The van der Waals surface area contributed by atoms with E-state index < -0.39 is 17.4 Å². The second-order valence-corrected chi connectivity index (χ2v) is 4.28. The zero-order chi connectivity index (χ0) is 13.2. The maximum atomic E-state index is 11.2. The van der Waals surface area contributed by atoms with Crippen LogP contribution in [0.3, 0.4) is 0 Å². The molecule has 0 saturated heterocycles. The molecular weight excluding hydrogens is 220 g/mol. The van der Waals surface area contributed by atoms with Gasteiger partial charge in [0.15, 0.2) is 0 Å². The molecule has 1 rings (SSSR count). The fourth-order valence-corrected chi connectivity index (χ4v) is 1.22.